The zero-order valence-corrected chi connectivity index (χ0v) is 16.4. The lowest BCUT2D eigenvalue weighted by molar-refractivity contribution is -0.133. The molecule has 1 N–H and O–H groups in total. The summed E-state index contributed by atoms with van der Waals surface area (Å²) in [6.07, 6.45) is 0. The number of carboxylic acids is 1. The van der Waals surface area contributed by atoms with E-state index in [1.165, 1.54) is 5.56 Å². The van der Waals surface area contributed by atoms with Crippen LogP contribution in [0.4, 0.5) is 0 Å². The third kappa shape index (κ3) is 3.81. The van der Waals surface area contributed by atoms with Gasteiger partial charge in [0.25, 0.3) is 0 Å². The van der Waals surface area contributed by atoms with Crippen LogP contribution in [-0.4, -0.2) is 26.8 Å². The maximum atomic E-state index is 10.7. The Morgan fingerprint density at radius 1 is 1.28 bits per heavy atom. The summed E-state index contributed by atoms with van der Waals surface area (Å²) in [6, 6.07) is 8.48. The second kappa shape index (κ2) is 7.32. The van der Waals surface area contributed by atoms with E-state index in [1.54, 1.807) is 11.3 Å². The van der Waals surface area contributed by atoms with Gasteiger partial charge in [0.2, 0.25) is 0 Å². The molecule has 0 aliphatic rings. The number of halogens is 1. The van der Waals surface area contributed by atoms with Crippen molar-refractivity contribution in [3.05, 3.63) is 39.9 Å². The number of hydrogen-bond acceptors (Lipinski definition) is 5. The minimum atomic E-state index is -0.905. The second-order valence-electron chi connectivity index (χ2n) is 5.97. The fourth-order valence-electron chi connectivity index (χ4n) is 2.63. The first-order valence-electron chi connectivity index (χ1n) is 7.78. The van der Waals surface area contributed by atoms with Crippen molar-refractivity contribution < 1.29 is 9.90 Å². The maximum absolute atomic E-state index is 10.7. The number of aryl methyl sites for hydroxylation is 1. The van der Waals surface area contributed by atoms with Crippen LogP contribution in [0.2, 0.25) is 5.15 Å². The molecule has 0 atom stereocenters. The van der Waals surface area contributed by atoms with Gasteiger partial charge in [0.05, 0.1) is 11.1 Å². The van der Waals surface area contributed by atoms with Crippen molar-refractivity contribution in [1.82, 2.24) is 9.97 Å². The Hall–Kier alpha value is -1.63. The van der Waals surface area contributed by atoms with Crippen LogP contribution in [0.5, 0.6) is 0 Å². The van der Waals surface area contributed by atoms with Gasteiger partial charge in [0, 0.05) is 10.4 Å². The molecule has 4 nitrogen and oxygen atoms in total. The first-order valence-corrected chi connectivity index (χ1v) is 9.96. The van der Waals surface area contributed by atoms with Crippen molar-refractivity contribution in [3.8, 4) is 11.1 Å². The number of benzene rings is 1. The molecule has 0 spiro atoms. The standard InChI is InChI=1S/C18H17ClN2O2S2/c1-9(2)11-4-6-12(7-5-11)14-10(3)25-17-15(14)16(19)20-18(21-17)24-8-13(22)23/h4-7,9H,8H2,1-3H3,(H,22,23). The van der Waals surface area contributed by atoms with Crippen LogP contribution in [0.15, 0.2) is 29.4 Å². The molecule has 0 aliphatic heterocycles. The average molecular weight is 393 g/mol. The molecule has 7 heteroatoms. The molecular formula is C18H17ClN2O2S2. The SMILES string of the molecule is Cc1sc2nc(SCC(=O)O)nc(Cl)c2c1-c1ccc(C(C)C)cc1. The summed E-state index contributed by atoms with van der Waals surface area (Å²) in [7, 11) is 0. The fraction of sp³-hybridized carbons (Fsp3) is 0.278. The zero-order valence-electron chi connectivity index (χ0n) is 14.0. The largest absolute Gasteiger partial charge is 0.481 e. The summed E-state index contributed by atoms with van der Waals surface area (Å²) in [5.41, 5.74) is 3.43. The van der Waals surface area contributed by atoms with E-state index in [-0.39, 0.29) is 5.75 Å². The number of fused-ring (bicyclic) bond motifs is 1. The van der Waals surface area contributed by atoms with Crippen molar-refractivity contribution in [2.75, 3.05) is 5.75 Å². The van der Waals surface area contributed by atoms with Crippen LogP contribution in [-0.2, 0) is 4.79 Å². The van der Waals surface area contributed by atoms with E-state index in [0.29, 0.717) is 16.2 Å². The van der Waals surface area contributed by atoms with Gasteiger partial charge in [-0.15, -0.1) is 11.3 Å². The molecule has 25 heavy (non-hydrogen) atoms. The molecule has 3 aromatic rings. The summed E-state index contributed by atoms with van der Waals surface area (Å²) in [6.45, 7) is 6.38. The number of rotatable bonds is 5. The lowest BCUT2D eigenvalue weighted by atomic mass is 9.98. The van der Waals surface area contributed by atoms with Crippen LogP contribution in [0.25, 0.3) is 21.3 Å². The monoisotopic (exact) mass is 392 g/mol. The summed E-state index contributed by atoms with van der Waals surface area (Å²) in [4.78, 5) is 21.4. The number of nitrogens with zero attached hydrogens (tertiary/aromatic N) is 2. The number of thioether (sulfide) groups is 1. The Kier molecular flexibility index (Phi) is 5.32. The first kappa shape index (κ1) is 18.2. The molecular weight excluding hydrogens is 376 g/mol. The topological polar surface area (TPSA) is 63.1 Å². The molecule has 130 valence electrons. The van der Waals surface area contributed by atoms with E-state index in [4.69, 9.17) is 16.7 Å². The van der Waals surface area contributed by atoms with Gasteiger partial charge < -0.3 is 5.11 Å². The average Bonchev–Trinajstić information content (AvgIpc) is 2.89. The van der Waals surface area contributed by atoms with Crippen molar-refractivity contribution >= 4 is 50.9 Å². The number of carbonyl (C=O) groups is 1. The summed E-state index contributed by atoms with van der Waals surface area (Å²) >= 11 is 9.05. The van der Waals surface area contributed by atoms with E-state index >= 15 is 0 Å². The quantitative estimate of drug-likeness (QED) is 0.347. The number of aromatic nitrogens is 2. The van der Waals surface area contributed by atoms with Crippen molar-refractivity contribution in [3.63, 3.8) is 0 Å². The van der Waals surface area contributed by atoms with Crippen LogP contribution in [0.1, 0.15) is 30.2 Å². The predicted octanol–water partition coefficient (Wildman–Crippen LogP) is 5.62. The van der Waals surface area contributed by atoms with Gasteiger partial charge in [0.1, 0.15) is 9.98 Å². The molecule has 0 amide bonds. The number of aliphatic carboxylic acids is 1. The lowest BCUT2D eigenvalue weighted by Crippen LogP contribution is -1.99. The Morgan fingerprint density at radius 2 is 1.96 bits per heavy atom. The smallest absolute Gasteiger partial charge is 0.313 e. The van der Waals surface area contributed by atoms with Gasteiger partial charge in [-0.05, 0) is 24.0 Å². The molecule has 2 heterocycles. The molecule has 0 unspecified atom stereocenters. The van der Waals surface area contributed by atoms with Crippen molar-refractivity contribution in [1.29, 1.82) is 0 Å². The first-order chi connectivity index (χ1) is 11.9. The lowest BCUT2D eigenvalue weighted by Gasteiger charge is -2.08. The second-order valence-corrected chi connectivity index (χ2v) is 8.47. The third-order valence-electron chi connectivity index (χ3n) is 3.85. The molecule has 0 fully saturated rings. The van der Waals surface area contributed by atoms with Gasteiger partial charge in [-0.2, -0.15) is 0 Å². The van der Waals surface area contributed by atoms with E-state index in [1.807, 2.05) is 6.92 Å². The minimum absolute atomic E-state index is 0.0876. The maximum Gasteiger partial charge on any atom is 0.313 e. The van der Waals surface area contributed by atoms with Gasteiger partial charge in [0.15, 0.2) is 5.16 Å². The highest BCUT2D eigenvalue weighted by Crippen LogP contribution is 2.41. The van der Waals surface area contributed by atoms with E-state index in [2.05, 4.69) is 48.1 Å². The minimum Gasteiger partial charge on any atom is -0.481 e. The van der Waals surface area contributed by atoms with E-state index in [0.717, 1.165) is 38.0 Å². The molecule has 0 bridgehead atoms. The molecule has 0 aliphatic carbocycles. The van der Waals surface area contributed by atoms with E-state index in [9.17, 15) is 4.79 Å². The van der Waals surface area contributed by atoms with Crippen LogP contribution in [0, 0.1) is 6.92 Å². The van der Waals surface area contributed by atoms with Crippen LogP contribution in [0.3, 0.4) is 0 Å². The molecule has 2 aromatic heterocycles. The summed E-state index contributed by atoms with van der Waals surface area (Å²) in [5, 5.41) is 10.4. The number of thiophene rings is 1. The number of carboxylic acid groups (broad SMARTS) is 1. The molecule has 0 saturated heterocycles. The highest BCUT2D eigenvalue weighted by atomic mass is 35.5. The molecule has 3 rings (SSSR count). The highest BCUT2D eigenvalue weighted by Gasteiger charge is 2.18. The van der Waals surface area contributed by atoms with Gasteiger partial charge in [-0.25, -0.2) is 9.97 Å². The van der Waals surface area contributed by atoms with Gasteiger partial charge >= 0.3 is 5.97 Å². The molecule has 0 radical (unpaired) electrons. The number of hydrogen-bond donors (Lipinski definition) is 1. The summed E-state index contributed by atoms with van der Waals surface area (Å²) < 4.78 is 0. The van der Waals surface area contributed by atoms with Crippen LogP contribution >= 0.6 is 34.7 Å². The van der Waals surface area contributed by atoms with Crippen LogP contribution < -0.4 is 0 Å². The Bertz CT molecular complexity index is 936. The van der Waals surface area contributed by atoms with Crippen molar-refractivity contribution in [2.24, 2.45) is 0 Å². The van der Waals surface area contributed by atoms with Gasteiger partial charge in [-0.1, -0.05) is 61.5 Å². The predicted molar refractivity (Wildman–Crippen MR) is 105 cm³/mol. The fourth-order valence-corrected chi connectivity index (χ4v) is 4.66. The third-order valence-corrected chi connectivity index (χ3v) is 5.96. The highest BCUT2D eigenvalue weighted by molar-refractivity contribution is 7.99. The van der Waals surface area contributed by atoms with Gasteiger partial charge in [-0.3, -0.25) is 4.79 Å². The Labute approximate surface area is 159 Å². The Morgan fingerprint density at radius 3 is 2.56 bits per heavy atom. The van der Waals surface area contributed by atoms with Crippen molar-refractivity contribution in [2.45, 2.75) is 31.8 Å². The Balaban J connectivity index is 2.07. The zero-order chi connectivity index (χ0) is 18.1. The summed E-state index contributed by atoms with van der Waals surface area (Å²) in [5.74, 6) is -0.511. The molecule has 1 aromatic carbocycles. The molecule has 0 saturated carbocycles. The van der Waals surface area contributed by atoms with E-state index < -0.39 is 5.97 Å². The normalized spacial score (nSPS) is 11.4.